The van der Waals surface area contributed by atoms with Gasteiger partial charge in [0.05, 0.1) is 11.8 Å². The predicted octanol–water partition coefficient (Wildman–Crippen LogP) is 1.80. The van der Waals surface area contributed by atoms with E-state index in [1.165, 1.54) is 0 Å². The molecule has 0 heterocycles. The second-order valence-electron chi connectivity index (χ2n) is 5.84. The zero-order valence-electron chi connectivity index (χ0n) is 12.1. The number of hydrogen-bond donors (Lipinski definition) is 3. The van der Waals surface area contributed by atoms with Gasteiger partial charge in [-0.3, -0.25) is 9.59 Å². The van der Waals surface area contributed by atoms with Gasteiger partial charge in [-0.15, -0.1) is 0 Å². The quantitative estimate of drug-likeness (QED) is 0.772. The number of phenolic OH excluding ortho intramolecular Hbond substituents is 1. The molecule has 5 nitrogen and oxygen atoms in total. The third kappa shape index (κ3) is 3.97. The summed E-state index contributed by atoms with van der Waals surface area (Å²) in [5, 5.41) is 21.2. The van der Waals surface area contributed by atoms with Crippen molar-refractivity contribution in [1.82, 2.24) is 5.32 Å². The summed E-state index contributed by atoms with van der Waals surface area (Å²) < 4.78 is 0. The van der Waals surface area contributed by atoms with Crippen LogP contribution in [-0.2, 0) is 16.0 Å². The normalized spacial score (nSPS) is 24.7. The summed E-state index contributed by atoms with van der Waals surface area (Å²) in [5.41, 5.74) is 1.02. The predicted molar refractivity (Wildman–Crippen MR) is 77.8 cm³/mol. The van der Waals surface area contributed by atoms with E-state index in [0.717, 1.165) is 5.56 Å². The Morgan fingerprint density at radius 2 is 1.81 bits per heavy atom. The van der Waals surface area contributed by atoms with Gasteiger partial charge in [0.25, 0.3) is 0 Å². The van der Waals surface area contributed by atoms with E-state index in [0.29, 0.717) is 25.8 Å². The Kier molecular flexibility index (Phi) is 4.83. The van der Waals surface area contributed by atoms with E-state index in [1.807, 2.05) is 6.92 Å². The number of carboxylic acids is 1. The molecule has 21 heavy (non-hydrogen) atoms. The fraction of sp³-hybridized carbons (Fsp3) is 0.500. The fourth-order valence-electron chi connectivity index (χ4n) is 2.98. The Hall–Kier alpha value is -2.04. The van der Waals surface area contributed by atoms with Crippen LogP contribution >= 0.6 is 0 Å². The maximum absolute atomic E-state index is 12.1. The summed E-state index contributed by atoms with van der Waals surface area (Å²) in [6.45, 7) is 2.46. The molecule has 1 amide bonds. The Bertz CT molecular complexity index is 512. The van der Waals surface area contributed by atoms with Crippen LogP contribution in [0.2, 0.25) is 0 Å². The van der Waals surface area contributed by atoms with Gasteiger partial charge in [0.15, 0.2) is 0 Å². The standard InChI is InChI=1S/C16H21NO4/c1-10-8-13(14(9-10)16(20)21)15(19)17-7-6-11-2-4-12(18)5-3-11/h2-5,10,13-14,18H,6-9H2,1H3,(H,17,19)(H,20,21). The van der Waals surface area contributed by atoms with Gasteiger partial charge in [-0.2, -0.15) is 0 Å². The van der Waals surface area contributed by atoms with Gasteiger partial charge in [0.1, 0.15) is 5.75 Å². The van der Waals surface area contributed by atoms with Gasteiger partial charge in [-0.1, -0.05) is 19.1 Å². The highest BCUT2D eigenvalue weighted by Crippen LogP contribution is 2.36. The molecule has 2 rings (SSSR count). The maximum atomic E-state index is 12.1. The maximum Gasteiger partial charge on any atom is 0.307 e. The number of benzene rings is 1. The van der Waals surface area contributed by atoms with Crippen LogP contribution < -0.4 is 5.32 Å². The second-order valence-corrected chi connectivity index (χ2v) is 5.84. The molecule has 1 aromatic rings. The van der Waals surface area contributed by atoms with Gasteiger partial charge >= 0.3 is 5.97 Å². The molecule has 1 aromatic carbocycles. The van der Waals surface area contributed by atoms with Crippen molar-refractivity contribution < 1.29 is 19.8 Å². The smallest absolute Gasteiger partial charge is 0.307 e. The SMILES string of the molecule is CC1CC(C(=O)O)C(C(=O)NCCc2ccc(O)cc2)C1. The van der Waals surface area contributed by atoms with Crippen molar-refractivity contribution >= 4 is 11.9 Å². The molecule has 0 aliphatic heterocycles. The van der Waals surface area contributed by atoms with Crippen LogP contribution in [0.4, 0.5) is 0 Å². The van der Waals surface area contributed by atoms with E-state index in [-0.39, 0.29) is 17.6 Å². The van der Waals surface area contributed by atoms with Crippen LogP contribution in [0.15, 0.2) is 24.3 Å². The largest absolute Gasteiger partial charge is 0.508 e. The third-order valence-corrected chi connectivity index (χ3v) is 4.10. The van der Waals surface area contributed by atoms with E-state index < -0.39 is 17.8 Å². The lowest BCUT2D eigenvalue weighted by molar-refractivity contribution is -0.146. The monoisotopic (exact) mass is 291 g/mol. The number of nitrogens with one attached hydrogen (secondary N) is 1. The Morgan fingerprint density at radius 1 is 1.19 bits per heavy atom. The number of aliphatic carboxylic acids is 1. The van der Waals surface area contributed by atoms with E-state index in [9.17, 15) is 19.8 Å². The first-order chi connectivity index (χ1) is 9.97. The summed E-state index contributed by atoms with van der Waals surface area (Å²) in [4.78, 5) is 23.3. The Balaban J connectivity index is 1.84. The number of hydrogen-bond acceptors (Lipinski definition) is 3. The number of carbonyl (C=O) groups excluding carboxylic acids is 1. The highest BCUT2D eigenvalue weighted by molar-refractivity contribution is 5.85. The molecule has 0 saturated heterocycles. The number of amides is 1. The van der Waals surface area contributed by atoms with Crippen molar-refractivity contribution in [3.63, 3.8) is 0 Å². The molecule has 1 fully saturated rings. The van der Waals surface area contributed by atoms with Crippen molar-refractivity contribution in [3.8, 4) is 5.75 Å². The molecule has 0 spiro atoms. The lowest BCUT2D eigenvalue weighted by Crippen LogP contribution is -2.36. The van der Waals surface area contributed by atoms with Gasteiger partial charge < -0.3 is 15.5 Å². The summed E-state index contributed by atoms with van der Waals surface area (Å²) in [5.74, 6) is -1.53. The van der Waals surface area contributed by atoms with Crippen molar-refractivity contribution in [3.05, 3.63) is 29.8 Å². The third-order valence-electron chi connectivity index (χ3n) is 4.10. The molecule has 0 bridgehead atoms. The summed E-state index contributed by atoms with van der Waals surface area (Å²) in [7, 11) is 0. The number of phenols is 1. The number of carbonyl (C=O) groups is 2. The first-order valence-electron chi connectivity index (χ1n) is 7.25. The lowest BCUT2D eigenvalue weighted by atomic mass is 9.95. The molecule has 1 aliphatic carbocycles. The minimum atomic E-state index is -0.877. The van der Waals surface area contributed by atoms with E-state index in [1.54, 1.807) is 24.3 Å². The molecular weight excluding hydrogens is 270 g/mol. The molecule has 3 unspecified atom stereocenters. The van der Waals surface area contributed by atoms with Gasteiger partial charge in [-0.25, -0.2) is 0 Å². The lowest BCUT2D eigenvalue weighted by Gasteiger charge is -2.15. The molecule has 114 valence electrons. The molecule has 3 N–H and O–H groups in total. The molecule has 5 heteroatoms. The van der Waals surface area contributed by atoms with Crippen molar-refractivity contribution in [1.29, 1.82) is 0 Å². The van der Waals surface area contributed by atoms with Crippen molar-refractivity contribution in [2.45, 2.75) is 26.2 Å². The van der Waals surface area contributed by atoms with E-state index in [2.05, 4.69) is 5.32 Å². The molecule has 3 atom stereocenters. The van der Waals surface area contributed by atoms with E-state index >= 15 is 0 Å². The minimum absolute atomic E-state index is 0.162. The Morgan fingerprint density at radius 3 is 2.43 bits per heavy atom. The number of rotatable bonds is 5. The Labute approximate surface area is 124 Å². The van der Waals surface area contributed by atoms with Crippen LogP contribution in [0.5, 0.6) is 5.75 Å². The average molecular weight is 291 g/mol. The van der Waals surface area contributed by atoms with Gasteiger partial charge in [-0.05, 0) is 42.9 Å². The highest BCUT2D eigenvalue weighted by atomic mass is 16.4. The van der Waals surface area contributed by atoms with E-state index in [4.69, 9.17) is 0 Å². The zero-order chi connectivity index (χ0) is 15.4. The second kappa shape index (κ2) is 6.61. The summed E-state index contributed by atoms with van der Waals surface area (Å²) in [6.07, 6.45) is 1.87. The summed E-state index contributed by atoms with van der Waals surface area (Å²) >= 11 is 0. The highest BCUT2D eigenvalue weighted by Gasteiger charge is 2.40. The molecule has 0 aromatic heterocycles. The topological polar surface area (TPSA) is 86.6 Å². The molecule has 1 aliphatic rings. The number of aromatic hydroxyl groups is 1. The summed E-state index contributed by atoms with van der Waals surface area (Å²) in [6, 6.07) is 6.82. The molecular formula is C16H21NO4. The van der Waals surface area contributed by atoms with Crippen LogP contribution in [0, 0.1) is 17.8 Å². The first-order valence-corrected chi connectivity index (χ1v) is 7.25. The van der Waals surface area contributed by atoms with Gasteiger partial charge in [0.2, 0.25) is 5.91 Å². The van der Waals surface area contributed by atoms with Crippen molar-refractivity contribution in [2.24, 2.45) is 17.8 Å². The zero-order valence-corrected chi connectivity index (χ0v) is 12.1. The van der Waals surface area contributed by atoms with Crippen LogP contribution in [0.25, 0.3) is 0 Å². The van der Waals surface area contributed by atoms with Gasteiger partial charge in [0, 0.05) is 6.54 Å². The molecule has 1 saturated carbocycles. The average Bonchev–Trinajstić information content (AvgIpc) is 2.83. The molecule has 0 radical (unpaired) electrons. The van der Waals surface area contributed by atoms with Crippen molar-refractivity contribution in [2.75, 3.05) is 6.54 Å². The van der Waals surface area contributed by atoms with Crippen LogP contribution in [0.1, 0.15) is 25.3 Å². The van der Waals surface area contributed by atoms with Crippen LogP contribution in [-0.4, -0.2) is 28.6 Å². The fourth-order valence-corrected chi connectivity index (χ4v) is 2.98. The number of carboxylic acid groups (broad SMARTS) is 1. The minimum Gasteiger partial charge on any atom is -0.508 e. The van der Waals surface area contributed by atoms with Crippen LogP contribution in [0.3, 0.4) is 0 Å². The first kappa shape index (κ1) is 15.4.